The lowest BCUT2D eigenvalue weighted by molar-refractivity contribution is -0.0784. The topological polar surface area (TPSA) is 54.5 Å². The lowest BCUT2D eigenvalue weighted by atomic mass is 9.61. The molecule has 4 aliphatic rings. The van der Waals surface area contributed by atoms with Gasteiger partial charge in [0.15, 0.2) is 0 Å². The number of nitrogens with zero attached hydrogens (tertiary/aromatic N) is 2. The predicted molar refractivity (Wildman–Crippen MR) is 101 cm³/mol. The van der Waals surface area contributed by atoms with E-state index in [0.29, 0.717) is 24.0 Å². The highest BCUT2D eigenvalue weighted by Gasteiger charge is 2.57. The largest absolute Gasteiger partial charge is 0.377 e. The van der Waals surface area contributed by atoms with Crippen molar-refractivity contribution in [1.82, 2.24) is 15.2 Å². The normalized spacial score (nSPS) is 34.8. The van der Waals surface area contributed by atoms with Crippen LogP contribution < -0.4 is 5.32 Å². The molecule has 0 bridgehead atoms. The summed E-state index contributed by atoms with van der Waals surface area (Å²) in [6.45, 7) is 4.08. The minimum absolute atomic E-state index is 0.0773. The van der Waals surface area contributed by atoms with Gasteiger partial charge in [0.05, 0.1) is 18.8 Å². The van der Waals surface area contributed by atoms with E-state index in [1.54, 1.807) is 17.5 Å². The van der Waals surface area contributed by atoms with E-state index in [0.717, 1.165) is 48.5 Å². The third-order valence-corrected chi connectivity index (χ3v) is 8.00. The monoisotopic (exact) mass is 375 g/mol. The quantitative estimate of drug-likeness (QED) is 0.859. The second-order valence-corrected chi connectivity index (χ2v) is 9.63. The number of carbonyl (C=O) groups excluding carboxylic acids is 1. The zero-order valence-electron chi connectivity index (χ0n) is 15.4. The fourth-order valence-corrected chi connectivity index (χ4v) is 6.57. The van der Waals surface area contributed by atoms with Crippen molar-refractivity contribution in [2.24, 2.45) is 17.8 Å². The first kappa shape index (κ1) is 17.1. The second-order valence-electron chi connectivity index (χ2n) is 8.51. The summed E-state index contributed by atoms with van der Waals surface area (Å²) in [7, 11) is 0. The summed E-state index contributed by atoms with van der Waals surface area (Å²) in [6.07, 6.45) is 11.1. The number of thiazole rings is 1. The van der Waals surface area contributed by atoms with Gasteiger partial charge in [-0.3, -0.25) is 9.69 Å². The molecule has 2 aliphatic carbocycles. The molecule has 0 spiro atoms. The number of amides is 1. The molecule has 4 fully saturated rings. The van der Waals surface area contributed by atoms with Gasteiger partial charge in [-0.05, 0) is 38.3 Å². The summed E-state index contributed by atoms with van der Waals surface area (Å²) < 4.78 is 6.01. The molecule has 6 heteroatoms. The Balaban J connectivity index is 1.23. The fraction of sp³-hybridized carbons (Fsp3) is 0.800. The van der Waals surface area contributed by atoms with Crippen LogP contribution in [0, 0.1) is 17.8 Å². The van der Waals surface area contributed by atoms with E-state index in [4.69, 9.17) is 4.74 Å². The smallest absolute Gasteiger partial charge is 0.263 e. The average molecular weight is 376 g/mol. The summed E-state index contributed by atoms with van der Waals surface area (Å²) in [5, 5.41) is 4.45. The van der Waals surface area contributed by atoms with E-state index >= 15 is 0 Å². The van der Waals surface area contributed by atoms with E-state index in [-0.39, 0.29) is 5.91 Å². The van der Waals surface area contributed by atoms with E-state index in [2.05, 4.69) is 15.2 Å². The van der Waals surface area contributed by atoms with Gasteiger partial charge in [-0.2, -0.15) is 0 Å². The van der Waals surface area contributed by atoms with Gasteiger partial charge in [-0.1, -0.05) is 25.7 Å². The van der Waals surface area contributed by atoms with Gasteiger partial charge in [-0.25, -0.2) is 4.98 Å². The minimum Gasteiger partial charge on any atom is -0.377 e. The Bertz CT molecular complexity index is 646. The zero-order valence-corrected chi connectivity index (χ0v) is 16.2. The molecule has 142 valence electrons. The first-order chi connectivity index (χ1) is 12.8. The summed E-state index contributed by atoms with van der Waals surface area (Å²) in [5.74, 6) is 1.88. The Morgan fingerprint density at radius 3 is 2.85 bits per heavy atom. The molecular weight excluding hydrogens is 346 g/mol. The molecule has 1 amide bonds. The van der Waals surface area contributed by atoms with Crippen LogP contribution in [0.15, 0.2) is 6.20 Å². The van der Waals surface area contributed by atoms with Crippen molar-refractivity contribution in [2.75, 3.05) is 19.7 Å². The number of hydrogen-bond acceptors (Lipinski definition) is 5. The van der Waals surface area contributed by atoms with Gasteiger partial charge in [0, 0.05) is 24.5 Å². The standard InChI is InChI=1S/C20H29N3O2S/c24-20(15-11-21-16(26-15)12-23-8-3-4-9-23)22-18-14-7-10-25-19(14)17(18)13-5-1-2-6-13/h11,13-14,17-19H,1-10,12H2,(H,22,24)/t14-,17+,18+,19-/m0/s1. The molecule has 4 atom stereocenters. The number of hydrogen-bond donors (Lipinski definition) is 1. The van der Waals surface area contributed by atoms with Crippen LogP contribution in [0.25, 0.3) is 0 Å². The van der Waals surface area contributed by atoms with E-state index in [1.165, 1.54) is 38.5 Å². The molecule has 0 aromatic carbocycles. The van der Waals surface area contributed by atoms with E-state index < -0.39 is 0 Å². The summed E-state index contributed by atoms with van der Waals surface area (Å²) in [4.78, 5) is 20.6. The first-order valence-corrected chi connectivity index (χ1v) is 11.2. The SMILES string of the molecule is O=C(N[C@@H]1[C@@H]2CCO[C@@H]2[C@@H]1C1CCCC1)c1cnc(CN2CCCC2)s1. The zero-order chi connectivity index (χ0) is 17.5. The van der Waals surface area contributed by atoms with Crippen LogP contribution in [0.3, 0.4) is 0 Å². The van der Waals surface area contributed by atoms with Crippen LogP contribution in [0.5, 0.6) is 0 Å². The number of likely N-dealkylation sites (tertiary alicyclic amines) is 1. The molecule has 5 rings (SSSR count). The number of carbonyl (C=O) groups is 1. The molecule has 1 aromatic heterocycles. The predicted octanol–water partition coefficient (Wildman–Crippen LogP) is 3.06. The number of rotatable bonds is 5. The Kier molecular flexibility index (Phi) is 4.75. The molecular formula is C20H29N3O2S. The van der Waals surface area contributed by atoms with Crippen molar-refractivity contribution in [1.29, 1.82) is 0 Å². The van der Waals surface area contributed by atoms with Crippen LogP contribution >= 0.6 is 11.3 Å². The molecule has 1 aromatic rings. The third-order valence-electron chi connectivity index (χ3n) is 7.02. The number of aromatic nitrogens is 1. The molecule has 2 saturated heterocycles. The lowest BCUT2D eigenvalue weighted by Gasteiger charge is -2.50. The Morgan fingerprint density at radius 1 is 1.23 bits per heavy atom. The highest BCUT2D eigenvalue weighted by atomic mass is 32.1. The fourth-order valence-electron chi connectivity index (χ4n) is 5.70. The molecule has 2 saturated carbocycles. The van der Waals surface area contributed by atoms with Gasteiger partial charge >= 0.3 is 0 Å². The number of fused-ring (bicyclic) bond motifs is 1. The highest BCUT2D eigenvalue weighted by molar-refractivity contribution is 7.13. The van der Waals surface area contributed by atoms with Crippen LogP contribution in [-0.2, 0) is 11.3 Å². The summed E-state index contributed by atoms with van der Waals surface area (Å²) in [5.41, 5.74) is 0. The molecule has 0 radical (unpaired) electrons. The van der Waals surface area contributed by atoms with Crippen molar-refractivity contribution in [3.8, 4) is 0 Å². The molecule has 5 nitrogen and oxygen atoms in total. The van der Waals surface area contributed by atoms with Gasteiger partial charge in [0.1, 0.15) is 9.88 Å². The Labute approximate surface area is 159 Å². The van der Waals surface area contributed by atoms with Crippen LogP contribution in [0.1, 0.15) is 59.6 Å². The van der Waals surface area contributed by atoms with Crippen molar-refractivity contribution in [3.05, 3.63) is 16.1 Å². The first-order valence-electron chi connectivity index (χ1n) is 10.4. The maximum Gasteiger partial charge on any atom is 0.263 e. The highest BCUT2D eigenvalue weighted by Crippen LogP contribution is 2.51. The van der Waals surface area contributed by atoms with Crippen molar-refractivity contribution in [3.63, 3.8) is 0 Å². The molecule has 3 heterocycles. The van der Waals surface area contributed by atoms with Crippen LogP contribution in [0.2, 0.25) is 0 Å². The summed E-state index contributed by atoms with van der Waals surface area (Å²) >= 11 is 1.57. The van der Waals surface area contributed by atoms with Gasteiger partial charge < -0.3 is 10.1 Å². The second kappa shape index (κ2) is 7.21. The van der Waals surface area contributed by atoms with Gasteiger partial charge in [0.2, 0.25) is 0 Å². The summed E-state index contributed by atoms with van der Waals surface area (Å²) in [6, 6.07) is 0.308. The van der Waals surface area contributed by atoms with Gasteiger partial charge in [0.25, 0.3) is 5.91 Å². The Morgan fingerprint density at radius 2 is 2.04 bits per heavy atom. The van der Waals surface area contributed by atoms with Crippen LogP contribution in [0.4, 0.5) is 0 Å². The molecule has 26 heavy (non-hydrogen) atoms. The van der Waals surface area contributed by atoms with Gasteiger partial charge in [-0.15, -0.1) is 11.3 Å². The third kappa shape index (κ3) is 3.10. The average Bonchev–Trinajstić information content (AvgIpc) is 3.42. The van der Waals surface area contributed by atoms with Crippen molar-refractivity contribution < 1.29 is 9.53 Å². The van der Waals surface area contributed by atoms with E-state index in [9.17, 15) is 4.79 Å². The molecule has 0 unspecified atom stereocenters. The lowest BCUT2D eigenvalue weighted by Crippen LogP contribution is -2.63. The maximum atomic E-state index is 12.9. The van der Waals surface area contributed by atoms with Crippen molar-refractivity contribution >= 4 is 17.2 Å². The van der Waals surface area contributed by atoms with E-state index in [1.807, 2.05) is 0 Å². The number of nitrogens with one attached hydrogen (secondary N) is 1. The number of ether oxygens (including phenoxy) is 1. The maximum absolute atomic E-state index is 12.9. The Hall–Kier alpha value is -0.980. The molecule has 2 aliphatic heterocycles. The van der Waals surface area contributed by atoms with Crippen LogP contribution in [-0.4, -0.2) is 47.6 Å². The van der Waals surface area contributed by atoms with Crippen molar-refractivity contribution in [2.45, 2.75) is 63.6 Å². The minimum atomic E-state index is 0.0773. The molecule has 1 N–H and O–H groups in total.